The molecule has 0 aliphatic carbocycles. The molecule has 0 saturated carbocycles. The van der Waals surface area contributed by atoms with E-state index in [4.69, 9.17) is 5.73 Å². The van der Waals surface area contributed by atoms with Crippen LogP contribution in [0.2, 0.25) is 0 Å². The number of benzene rings is 1. The van der Waals surface area contributed by atoms with E-state index in [9.17, 15) is 4.79 Å². The molecule has 2 aromatic rings. The van der Waals surface area contributed by atoms with Crippen molar-refractivity contribution < 1.29 is 4.79 Å². The molecule has 2 N–H and O–H groups in total. The number of hydrogen-bond donors (Lipinski definition) is 1. The van der Waals surface area contributed by atoms with Gasteiger partial charge in [0.05, 0.1) is 11.3 Å². The highest BCUT2D eigenvalue weighted by molar-refractivity contribution is 5.81. The van der Waals surface area contributed by atoms with Gasteiger partial charge in [0, 0.05) is 6.20 Å². The number of nitrogen functional groups attached to an aromatic ring is 1. The number of anilines is 1. The van der Waals surface area contributed by atoms with Gasteiger partial charge in [-0.2, -0.15) is 0 Å². The molecule has 2 rings (SSSR count). The zero-order chi connectivity index (χ0) is 12.0. The topological polar surface area (TPSA) is 60.9 Å². The second-order valence-corrected chi connectivity index (χ2v) is 2.87. The van der Waals surface area contributed by atoms with Crippen LogP contribution in [0, 0.1) is 0 Å². The van der Waals surface area contributed by atoms with Gasteiger partial charge in [0.1, 0.15) is 0 Å². The van der Waals surface area contributed by atoms with Crippen molar-refractivity contribution in [2.24, 2.45) is 0 Å². The van der Waals surface area contributed by atoms with Crippen molar-refractivity contribution in [1.82, 2.24) is 9.78 Å². The molecule has 1 heterocycles. The summed E-state index contributed by atoms with van der Waals surface area (Å²) in [6.45, 7) is 4.00. The van der Waals surface area contributed by atoms with Crippen molar-refractivity contribution in [2.75, 3.05) is 5.73 Å². The van der Waals surface area contributed by atoms with Gasteiger partial charge in [0.2, 0.25) is 0 Å². The predicted octanol–water partition coefficient (Wildman–Crippen LogP) is 2.29. The summed E-state index contributed by atoms with van der Waals surface area (Å²) in [7, 11) is 0. The Balaban J connectivity index is 0.000000606. The fraction of sp³-hybridized carbons (Fsp3) is 0.167. The molecule has 84 valence electrons. The molecule has 0 atom stereocenters. The van der Waals surface area contributed by atoms with E-state index in [0.29, 0.717) is 11.8 Å². The minimum Gasteiger partial charge on any atom is -0.382 e. The van der Waals surface area contributed by atoms with E-state index in [1.165, 1.54) is 0 Å². The zero-order valence-electron chi connectivity index (χ0n) is 9.42. The van der Waals surface area contributed by atoms with E-state index in [-0.39, 0.29) is 5.82 Å². The maximum absolute atomic E-state index is 10.5. The number of hydrogen-bond acceptors (Lipinski definition) is 3. The van der Waals surface area contributed by atoms with Crippen LogP contribution in [0.4, 0.5) is 5.82 Å². The highest BCUT2D eigenvalue weighted by Crippen LogP contribution is 2.11. The summed E-state index contributed by atoms with van der Waals surface area (Å²) in [5.74, 6) is 0.254. The summed E-state index contributed by atoms with van der Waals surface area (Å²) in [6.07, 6.45) is 2.30. The quantitative estimate of drug-likeness (QED) is 0.785. The summed E-state index contributed by atoms with van der Waals surface area (Å²) in [6, 6.07) is 9.49. The second-order valence-electron chi connectivity index (χ2n) is 2.87. The molecular formula is C12H15N3O. The highest BCUT2D eigenvalue weighted by Gasteiger charge is 2.04. The van der Waals surface area contributed by atoms with Crippen LogP contribution in [-0.2, 0) is 0 Å². The molecule has 0 amide bonds. The van der Waals surface area contributed by atoms with Crippen molar-refractivity contribution in [3.8, 4) is 5.69 Å². The first kappa shape index (κ1) is 12.0. The van der Waals surface area contributed by atoms with Crippen LogP contribution in [0.1, 0.15) is 24.2 Å². The largest absolute Gasteiger partial charge is 0.382 e. The van der Waals surface area contributed by atoms with Gasteiger partial charge < -0.3 is 5.73 Å². The molecule has 0 spiro atoms. The number of aromatic nitrogens is 2. The molecule has 0 aliphatic rings. The number of nitrogens with two attached hydrogens (primary N) is 1. The molecule has 4 heteroatoms. The summed E-state index contributed by atoms with van der Waals surface area (Å²) in [4.78, 5) is 10.5. The first-order chi connectivity index (χ1) is 7.81. The van der Waals surface area contributed by atoms with Crippen molar-refractivity contribution in [1.29, 1.82) is 0 Å². The first-order valence-corrected chi connectivity index (χ1v) is 5.17. The SMILES string of the molecule is CC.Nc1nn(-c2ccccc2)cc1C=O. The Hall–Kier alpha value is -2.10. The van der Waals surface area contributed by atoms with E-state index < -0.39 is 0 Å². The normalized spacial score (nSPS) is 9.12. The van der Waals surface area contributed by atoms with Crippen molar-refractivity contribution in [3.05, 3.63) is 42.1 Å². The fourth-order valence-electron chi connectivity index (χ4n) is 1.20. The van der Waals surface area contributed by atoms with Crippen molar-refractivity contribution in [2.45, 2.75) is 13.8 Å². The zero-order valence-corrected chi connectivity index (χ0v) is 9.42. The molecule has 0 saturated heterocycles. The number of aldehydes is 1. The van der Waals surface area contributed by atoms with Crippen LogP contribution in [0.3, 0.4) is 0 Å². The standard InChI is InChI=1S/C10H9N3O.C2H6/c11-10-8(7-14)6-13(12-10)9-4-2-1-3-5-9;1-2/h1-7H,(H2,11,12);1-2H3. The molecule has 1 aromatic carbocycles. The lowest BCUT2D eigenvalue weighted by molar-refractivity contribution is 0.112. The van der Waals surface area contributed by atoms with Crippen LogP contribution in [0.5, 0.6) is 0 Å². The van der Waals surface area contributed by atoms with Crippen LogP contribution in [0.15, 0.2) is 36.5 Å². The average molecular weight is 217 g/mol. The number of rotatable bonds is 2. The Morgan fingerprint density at radius 3 is 2.38 bits per heavy atom. The van der Waals surface area contributed by atoms with Gasteiger partial charge in [-0.15, -0.1) is 5.10 Å². The molecule has 0 bridgehead atoms. The van der Waals surface area contributed by atoms with E-state index in [1.54, 1.807) is 10.9 Å². The van der Waals surface area contributed by atoms with Crippen LogP contribution in [0.25, 0.3) is 5.69 Å². The number of para-hydroxylation sites is 1. The van der Waals surface area contributed by atoms with Gasteiger partial charge >= 0.3 is 0 Å². The summed E-state index contributed by atoms with van der Waals surface area (Å²) >= 11 is 0. The Morgan fingerprint density at radius 1 is 1.25 bits per heavy atom. The van der Waals surface area contributed by atoms with E-state index in [2.05, 4.69) is 5.10 Å². The monoisotopic (exact) mass is 217 g/mol. The number of carbonyl (C=O) groups is 1. The Bertz CT molecular complexity index is 449. The molecule has 4 nitrogen and oxygen atoms in total. The lowest BCUT2D eigenvalue weighted by Gasteiger charge is -1.98. The third-order valence-electron chi connectivity index (χ3n) is 1.92. The molecule has 0 radical (unpaired) electrons. The van der Waals surface area contributed by atoms with Crippen LogP contribution in [-0.4, -0.2) is 16.1 Å². The van der Waals surface area contributed by atoms with Gasteiger partial charge in [-0.1, -0.05) is 32.0 Å². The minimum absolute atomic E-state index is 0.254. The fourth-order valence-corrected chi connectivity index (χ4v) is 1.20. The summed E-state index contributed by atoms with van der Waals surface area (Å²) in [5, 5.41) is 4.01. The van der Waals surface area contributed by atoms with Gasteiger partial charge in [0.25, 0.3) is 0 Å². The smallest absolute Gasteiger partial charge is 0.156 e. The number of carbonyl (C=O) groups excluding carboxylic acids is 1. The lowest BCUT2D eigenvalue weighted by atomic mass is 10.3. The molecule has 0 aliphatic heterocycles. The maximum atomic E-state index is 10.5. The van der Waals surface area contributed by atoms with Crippen LogP contribution < -0.4 is 5.73 Å². The summed E-state index contributed by atoms with van der Waals surface area (Å²) in [5.41, 5.74) is 6.82. The van der Waals surface area contributed by atoms with E-state index in [0.717, 1.165) is 5.69 Å². The van der Waals surface area contributed by atoms with Crippen LogP contribution >= 0.6 is 0 Å². The Labute approximate surface area is 94.7 Å². The van der Waals surface area contributed by atoms with E-state index in [1.807, 2.05) is 44.2 Å². The van der Waals surface area contributed by atoms with Gasteiger partial charge in [-0.05, 0) is 12.1 Å². The average Bonchev–Trinajstić information content (AvgIpc) is 2.74. The van der Waals surface area contributed by atoms with Gasteiger partial charge in [0.15, 0.2) is 12.1 Å². The van der Waals surface area contributed by atoms with E-state index >= 15 is 0 Å². The first-order valence-electron chi connectivity index (χ1n) is 5.17. The second kappa shape index (κ2) is 5.70. The third kappa shape index (κ3) is 2.48. The minimum atomic E-state index is 0.254. The summed E-state index contributed by atoms with van der Waals surface area (Å²) < 4.78 is 1.58. The van der Waals surface area contributed by atoms with Gasteiger partial charge in [-0.3, -0.25) is 4.79 Å². The highest BCUT2D eigenvalue weighted by atomic mass is 16.1. The Kier molecular flexibility index (Phi) is 4.27. The van der Waals surface area contributed by atoms with Gasteiger partial charge in [-0.25, -0.2) is 4.68 Å². The number of nitrogens with zero attached hydrogens (tertiary/aromatic N) is 2. The molecular weight excluding hydrogens is 202 g/mol. The third-order valence-corrected chi connectivity index (χ3v) is 1.92. The molecule has 16 heavy (non-hydrogen) atoms. The molecule has 0 unspecified atom stereocenters. The lowest BCUT2D eigenvalue weighted by Crippen LogP contribution is -1.95. The molecule has 1 aromatic heterocycles. The van der Waals surface area contributed by atoms with Crippen molar-refractivity contribution >= 4 is 12.1 Å². The van der Waals surface area contributed by atoms with Crippen molar-refractivity contribution in [3.63, 3.8) is 0 Å². The Morgan fingerprint density at radius 2 is 1.88 bits per heavy atom. The predicted molar refractivity (Wildman–Crippen MR) is 64.7 cm³/mol. The molecule has 0 fully saturated rings. The maximum Gasteiger partial charge on any atom is 0.156 e.